The van der Waals surface area contributed by atoms with Gasteiger partial charge in [0, 0.05) is 23.8 Å². The highest BCUT2D eigenvalue weighted by atomic mass is 15.1. The molecule has 1 unspecified atom stereocenters. The Labute approximate surface area is 121 Å². The maximum atomic E-state index is 4.47. The number of hydrogen-bond donors (Lipinski definition) is 2. The highest BCUT2D eigenvalue weighted by Crippen LogP contribution is 2.31. The first-order chi connectivity index (χ1) is 9.67. The molecule has 1 aliphatic heterocycles. The number of rotatable bonds is 3. The van der Waals surface area contributed by atoms with Crippen LogP contribution in [0.2, 0.25) is 0 Å². The minimum atomic E-state index is 0.359. The fourth-order valence-corrected chi connectivity index (χ4v) is 3.49. The lowest BCUT2D eigenvalue weighted by molar-refractivity contribution is 0.188. The molecular weight excluding hydrogens is 248 g/mol. The van der Waals surface area contributed by atoms with E-state index in [1.165, 1.54) is 36.9 Å². The van der Waals surface area contributed by atoms with Crippen molar-refractivity contribution < 1.29 is 0 Å². The second-order valence-corrected chi connectivity index (χ2v) is 6.83. The molecule has 2 N–H and O–H groups in total. The van der Waals surface area contributed by atoms with E-state index in [4.69, 9.17) is 0 Å². The number of aryl methyl sites for hydroxylation is 1. The van der Waals surface area contributed by atoms with Crippen molar-refractivity contribution in [1.82, 2.24) is 15.3 Å². The molecule has 0 bridgehead atoms. The largest absolute Gasteiger partial charge is 0.368 e. The van der Waals surface area contributed by atoms with Crippen LogP contribution in [-0.2, 0) is 12.8 Å². The Bertz CT molecular complexity index is 470. The summed E-state index contributed by atoms with van der Waals surface area (Å²) in [6.45, 7) is 6.82. The average Bonchev–Trinajstić information content (AvgIpc) is 2.46. The van der Waals surface area contributed by atoms with Crippen LogP contribution in [0.5, 0.6) is 0 Å². The predicted molar refractivity (Wildman–Crippen MR) is 82.0 cm³/mol. The Morgan fingerprint density at radius 1 is 1.25 bits per heavy atom. The van der Waals surface area contributed by atoms with Crippen molar-refractivity contribution in [3.05, 3.63) is 17.6 Å². The van der Waals surface area contributed by atoms with Crippen LogP contribution in [0.1, 0.15) is 50.8 Å². The molecule has 110 valence electrons. The minimum Gasteiger partial charge on any atom is -0.368 e. The Balaban J connectivity index is 1.69. The summed E-state index contributed by atoms with van der Waals surface area (Å²) in [5.74, 6) is 1.07. The molecule has 2 aliphatic rings. The molecule has 0 aromatic carbocycles. The average molecular weight is 274 g/mol. The van der Waals surface area contributed by atoms with Gasteiger partial charge in [0.25, 0.3) is 0 Å². The van der Waals surface area contributed by atoms with Crippen LogP contribution in [0.3, 0.4) is 0 Å². The second-order valence-electron chi connectivity index (χ2n) is 6.83. The molecule has 2 heterocycles. The molecule has 20 heavy (non-hydrogen) atoms. The second kappa shape index (κ2) is 5.68. The van der Waals surface area contributed by atoms with Gasteiger partial charge in [0.1, 0.15) is 12.1 Å². The van der Waals surface area contributed by atoms with Crippen LogP contribution >= 0.6 is 0 Å². The monoisotopic (exact) mass is 274 g/mol. The van der Waals surface area contributed by atoms with Crippen molar-refractivity contribution in [2.75, 3.05) is 18.4 Å². The summed E-state index contributed by atoms with van der Waals surface area (Å²) < 4.78 is 0. The highest BCUT2D eigenvalue weighted by Gasteiger charge is 2.31. The quantitative estimate of drug-likeness (QED) is 0.889. The van der Waals surface area contributed by atoms with Crippen LogP contribution in [0.25, 0.3) is 0 Å². The Hall–Kier alpha value is -1.16. The third kappa shape index (κ3) is 2.80. The van der Waals surface area contributed by atoms with Gasteiger partial charge >= 0.3 is 0 Å². The molecule has 0 amide bonds. The maximum Gasteiger partial charge on any atom is 0.132 e. The SMILES string of the molecule is CC1(C)CCCNC1CNc1ncnc2c1CCCC2. The summed E-state index contributed by atoms with van der Waals surface area (Å²) in [6, 6.07) is 0.519. The van der Waals surface area contributed by atoms with Crippen LogP contribution in [-0.4, -0.2) is 29.1 Å². The molecule has 0 radical (unpaired) electrons. The summed E-state index contributed by atoms with van der Waals surface area (Å²) in [4.78, 5) is 8.91. The van der Waals surface area contributed by atoms with Crippen molar-refractivity contribution >= 4 is 5.82 Å². The van der Waals surface area contributed by atoms with Gasteiger partial charge in [-0.15, -0.1) is 0 Å². The number of hydrogen-bond acceptors (Lipinski definition) is 4. The van der Waals surface area contributed by atoms with Crippen molar-refractivity contribution in [3.8, 4) is 0 Å². The standard InChI is InChI=1S/C16H26N4/c1-16(2)8-5-9-17-14(16)10-18-15-12-6-3-4-7-13(12)19-11-20-15/h11,14,17H,3-10H2,1-2H3,(H,18,19,20). The maximum absolute atomic E-state index is 4.47. The van der Waals surface area contributed by atoms with E-state index in [1.807, 2.05) is 0 Å². The predicted octanol–water partition coefficient (Wildman–Crippen LogP) is 2.55. The number of nitrogens with zero attached hydrogens (tertiary/aromatic N) is 2. The third-order valence-electron chi connectivity index (χ3n) is 4.93. The first-order valence-electron chi connectivity index (χ1n) is 7.97. The fourth-order valence-electron chi connectivity index (χ4n) is 3.49. The summed E-state index contributed by atoms with van der Waals surface area (Å²) in [5, 5.41) is 7.24. The van der Waals surface area contributed by atoms with Gasteiger partial charge in [-0.3, -0.25) is 0 Å². The zero-order valence-corrected chi connectivity index (χ0v) is 12.7. The number of fused-ring (bicyclic) bond motifs is 1. The molecule has 1 aromatic heterocycles. The van der Waals surface area contributed by atoms with E-state index in [9.17, 15) is 0 Å². The van der Waals surface area contributed by atoms with Gasteiger partial charge in [0.2, 0.25) is 0 Å². The van der Waals surface area contributed by atoms with Crippen molar-refractivity contribution in [3.63, 3.8) is 0 Å². The first kappa shape index (κ1) is 13.8. The van der Waals surface area contributed by atoms with Gasteiger partial charge in [-0.1, -0.05) is 13.8 Å². The molecule has 3 rings (SSSR count). The number of anilines is 1. The summed E-state index contributed by atoms with van der Waals surface area (Å²) >= 11 is 0. The lowest BCUT2D eigenvalue weighted by atomic mass is 9.77. The van der Waals surface area contributed by atoms with E-state index in [0.29, 0.717) is 11.5 Å². The Morgan fingerprint density at radius 3 is 2.95 bits per heavy atom. The number of aromatic nitrogens is 2. The number of nitrogens with one attached hydrogen (secondary N) is 2. The van der Waals surface area contributed by atoms with Gasteiger partial charge < -0.3 is 10.6 Å². The van der Waals surface area contributed by atoms with Crippen LogP contribution < -0.4 is 10.6 Å². The van der Waals surface area contributed by atoms with Gasteiger partial charge in [0.05, 0.1) is 0 Å². The molecule has 1 aromatic rings. The molecule has 1 fully saturated rings. The Morgan fingerprint density at radius 2 is 2.10 bits per heavy atom. The van der Waals surface area contributed by atoms with Crippen molar-refractivity contribution in [1.29, 1.82) is 0 Å². The third-order valence-corrected chi connectivity index (χ3v) is 4.93. The molecule has 1 aliphatic carbocycles. The van der Waals surface area contributed by atoms with Gasteiger partial charge in [-0.05, 0) is 50.5 Å². The van der Waals surface area contributed by atoms with Gasteiger partial charge in [-0.25, -0.2) is 9.97 Å². The minimum absolute atomic E-state index is 0.359. The van der Waals surface area contributed by atoms with E-state index in [1.54, 1.807) is 6.33 Å². The van der Waals surface area contributed by atoms with E-state index >= 15 is 0 Å². The number of piperidine rings is 1. The smallest absolute Gasteiger partial charge is 0.132 e. The van der Waals surface area contributed by atoms with E-state index < -0.39 is 0 Å². The topological polar surface area (TPSA) is 49.8 Å². The highest BCUT2D eigenvalue weighted by molar-refractivity contribution is 5.47. The normalized spacial score (nSPS) is 25.0. The molecule has 0 spiro atoms. The molecule has 4 nitrogen and oxygen atoms in total. The van der Waals surface area contributed by atoms with Crippen molar-refractivity contribution in [2.45, 2.75) is 58.4 Å². The fraction of sp³-hybridized carbons (Fsp3) is 0.750. The van der Waals surface area contributed by atoms with Gasteiger partial charge in [0.15, 0.2) is 0 Å². The molecule has 1 atom stereocenters. The molecule has 4 heteroatoms. The van der Waals surface area contributed by atoms with E-state index in [2.05, 4.69) is 34.4 Å². The summed E-state index contributed by atoms with van der Waals surface area (Å²) in [5.41, 5.74) is 2.97. The van der Waals surface area contributed by atoms with Crippen LogP contribution in [0.4, 0.5) is 5.82 Å². The first-order valence-corrected chi connectivity index (χ1v) is 7.97. The van der Waals surface area contributed by atoms with Crippen LogP contribution in [0.15, 0.2) is 6.33 Å². The van der Waals surface area contributed by atoms with E-state index in [0.717, 1.165) is 31.7 Å². The van der Waals surface area contributed by atoms with Crippen molar-refractivity contribution in [2.24, 2.45) is 5.41 Å². The van der Waals surface area contributed by atoms with Crippen LogP contribution in [0, 0.1) is 5.41 Å². The summed E-state index contributed by atoms with van der Waals surface area (Å²) in [6.07, 6.45) is 9.06. The zero-order valence-electron chi connectivity index (χ0n) is 12.7. The lowest BCUT2D eigenvalue weighted by Crippen LogP contribution is -2.50. The Kier molecular flexibility index (Phi) is 3.92. The molecular formula is C16H26N4. The van der Waals surface area contributed by atoms with E-state index in [-0.39, 0.29) is 0 Å². The lowest BCUT2D eigenvalue weighted by Gasteiger charge is -2.39. The van der Waals surface area contributed by atoms with Gasteiger partial charge in [-0.2, -0.15) is 0 Å². The summed E-state index contributed by atoms with van der Waals surface area (Å²) in [7, 11) is 0. The zero-order chi connectivity index (χ0) is 14.0. The molecule has 1 saturated heterocycles. The molecule has 0 saturated carbocycles.